The third-order valence-corrected chi connectivity index (χ3v) is 4.98. The maximum absolute atomic E-state index is 12.2. The Kier molecular flexibility index (Phi) is 5.00. The summed E-state index contributed by atoms with van der Waals surface area (Å²) in [5.74, 6) is -0.538. The molecule has 1 atom stereocenters. The normalized spacial score (nSPS) is 14.8. The van der Waals surface area contributed by atoms with E-state index >= 15 is 0 Å². The molecule has 0 radical (unpaired) electrons. The molecule has 9 nitrogen and oxygen atoms in total. The number of anilines is 1. The molecular weight excluding hydrogens is 390 g/mol. The lowest BCUT2D eigenvalue weighted by Crippen LogP contribution is -2.46. The number of hydrogen-bond acceptors (Lipinski definition) is 7. The average Bonchev–Trinajstić information content (AvgIpc) is 3.00. The number of aliphatic hydroxyl groups excluding tert-OH is 1. The predicted octanol–water partition coefficient (Wildman–Crippen LogP) is 1.73. The summed E-state index contributed by atoms with van der Waals surface area (Å²) in [5, 5.41) is 26.5. The zero-order valence-electron chi connectivity index (χ0n) is 16.6. The van der Waals surface area contributed by atoms with Crippen LogP contribution in [0.3, 0.4) is 0 Å². The van der Waals surface area contributed by atoms with E-state index < -0.39 is 17.4 Å². The summed E-state index contributed by atoms with van der Waals surface area (Å²) in [6.07, 6.45) is -1.02. The summed E-state index contributed by atoms with van der Waals surface area (Å²) in [6, 6.07) is 9.97. The van der Waals surface area contributed by atoms with Crippen LogP contribution in [0.2, 0.25) is 0 Å². The van der Waals surface area contributed by atoms with Gasteiger partial charge in [0, 0.05) is 30.3 Å². The topological polar surface area (TPSA) is 126 Å². The first kappa shape index (κ1) is 20.0. The molecule has 1 aliphatic rings. The smallest absolute Gasteiger partial charge is 0.420 e. The third kappa shape index (κ3) is 3.89. The van der Waals surface area contributed by atoms with Gasteiger partial charge in [-0.1, -0.05) is 12.1 Å². The summed E-state index contributed by atoms with van der Waals surface area (Å²) in [4.78, 5) is 23.8. The fourth-order valence-corrected chi connectivity index (χ4v) is 3.56. The predicted molar refractivity (Wildman–Crippen MR) is 110 cm³/mol. The largest absolute Gasteiger partial charge is 0.508 e. The summed E-state index contributed by atoms with van der Waals surface area (Å²) in [5.41, 5.74) is 1.33. The molecule has 2 heterocycles. The van der Waals surface area contributed by atoms with Crippen molar-refractivity contribution in [1.29, 1.82) is 0 Å². The highest BCUT2D eigenvalue weighted by atomic mass is 16.5. The quantitative estimate of drug-likeness (QED) is 0.485. The van der Waals surface area contributed by atoms with Crippen molar-refractivity contribution in [3.63, 3.8) is 0 Å². The van der Waals surface area contributed by atoms with Crippen LogP contribution < -0.4 is 21.1 Å². The Morgan fingerprint density at radius 3 is 2.83 bits per heavy atom. The Morgan fingerprint density at radius 1 is 1.27 bits per heavy atom. The third-order valence-electron chi connectivity index (χ3n) is 4.98. The molecule has 1 aromatic heterocycles. The fourth-order valence-electron chi connectivity index (χ4n) is 3.56. The maximum Gasteiger partial charge on any atom is 0.420 e. The molecule has 3 aromatic rings. The van der Waals surface area contributed by atoms with Crippen molar-refractivity contribution in [1.82, 2.24) is 9.88 Å². The number of hydrogen-bond donors (Lipinski definition) is 4. The standard InChI is InChI=1S/C21H23N3O6/c1-21(2,11-24-15-5-3-4-6-17(15)30-20(24)28)22-9-16(26)13-7-12(25)8-14-19(13)29-10-18(27)23-14/h3-8,16,22,25-26H,9-11H2,1-2H3,(H,23,27)/t16-/m0/s1. The number of benzene rings is 2. The molecule has 158 valence electrons. The summed E-state index contributed by atoms with van der Waals surface area (Å²) >= 11 is 0. The zero-order chi connectivity index (χ0) is 21.5. The Hall–Kier alpha value is -3.30. The Bertz CT molecular complexity index is 1160. The van der Waals surface area contributed by atoms with Gasteiger partial charge in [0.25, 0.3) is 5.91 Å². The number of aliphatic hydroxyl groups is 1. The Balaban J connectivity index is 1.51. The first-order valence-electron chi connectivity index (χ1n) is 9.54. The first-order chi connectivity index (χ1) is 14.2. The molecule has 4 N–H and O–H groups in total. The number of ether oxygens (including phenoxy) is 1. The van der Waals surface area contributed by atoms with Gasteiger partial charge in [-0.15, -0.1) is 0 Å². The minimum atomic E-state index is -1.02. The molecule has 1 aliphatic heterocycles. The van der Waals surface area contributed by atoms with Gasteiger partial charge in [0.1, 0.15) is 11.5 Å². The highest BCUT2D eigenvalue weighted by molar-refractivity contribution is 5.96. The number of aromatic hydroxyl groups is 1. The van der Waals surface area contributed by atoms with Gasteiger partial charge in [-0.2, -0.15) is 0 Å². The second-order valence-electron chi connectivity index (χ2n) is 7.95. The van der Waals surface area contributed by atoms with Crippen LogP contribution in [0.25, 0.3) is 11.1 Å². The van der Waals surface area contributed by atoms with Crippen molar-refractivity contribution >= 4 is 22.7 Å². The molecule has 2 aromatic carbocycles. The second-order valence-corrected chi connectivity index (χ2v) is 7.95. The van der Waals surface area contributed by atoms with E-state index in [1.807, 2.05) is 26.0 Å². The van der Waals surface area contributed by atoms with Crippen molar-refractivity contribution < 1.29 is 24.2 Å². The van der Waals surface area contributed by atoms with E-state index in [1.165, 1.54) is 12.1 Å². The van der Waals surface area contributed by atoms with Crippen LogP contribution in [0.4, 0.5) is 5.69 Å². The number of phenols is 1. The number of rotatable bonds is 6. The lowest BCUT2D eigenvalue weighted by molar-refractivity contribution is -0.118. The van der Waals surface area contributed by atoms with Gasteiger partial charge >= 0.3 is 5.76 Å². The maximum atomic E-state index is 12.2. The molecule has 30 heavy (non-hydrogen) atoms. The van der Waals surface area contributed by atoms with E-state index in [1.54, 1.807) is 16.7 Å². The summed E-state index contributed by atoms with van der Waals surface area (Å²) < 4.78 is 12.3. The van der Waals surface area contributed by atoms with Crippen molar-refractivity contribution in [3.8, 4) is 11.5 Å². The molecule has 9 heteroatoms. The number of β-amino-alcohol motifs (C(OH)–C–C–N with tert-alkyl or cyclic N) is 1. The van der Waals surface area contributed by atoms with Crippen LogP contribution >= 0.6 is 0 Å². The average molecular weight is 413 g/mol. The van der Waals surface area contributed by atoms with Gasteiger partial charge in [-0.3, -0.25) is 9.36 Å². The molecule has 4 rings (SSSR count). The number of carbonyl (C=O) groups excluding carboxylic acids is 1. The minimum Gasteiger partial charge on any atom is -0.508 e. The van der Waals surface area contributed by atoms with Gasteiger partial charge in [-0.05, 0) is 32.0 Å². The number of nitrogens with one attached hydrogen (secondary N) is 2. The highest BCUT2D eigenvalue weighted by Crippen LogP contribution is 2.38. The Morgan fingerprint density at radius 2 is 2.03 bits per heavy atom. The Labute approximate surface area is 171 Å². The van der Waals surface area contributed by atoms with Crippen LogP contribution in [0.5, 0.6) is 11.5 Å². The number of nitrogens with zero attached hydrogens (tertiary/aromatic N) is 1. The van der Waals surface area contributed by atoms with Crippen LogP contribution in [0.1, 0.15) is 25.5 Å². The molecule has 0 unspecified atom stereocenters. The van der Waals surface area contributed by atoms with Gasteiger partial charge in [0.15, 0.2) is 12.2 Å². The minimum absolute atomic E-state index is 0.0933. The van der Waals surface area contributed by atoms with Crippen LogP contribution in [-0.2, 0) is 11.3 Å². The van der Waals surface area contributed by atoms with Gasteiger partial charge in [0.2, 0.25) is 0 Å². The SMILES string of the molecule is CC(C)(Cn1c(=O)oc2ccccc21)NC[C@H](O)c1cc(O)cc2c1OCC(=O)N2. The van der Waals surface area contributed by atoms with E-state index in [0.717, 1.165) is 0 Å². The molecule has 0 saturated carbocycles. The number of amides is 1. The van der Waals surface area contributed by atoms with Crippen molar-refractivity contribution in [2.75, 3.05) is 18.5 Å². The van der Waals surface area contributed by atoms with E-state index in [4.69, 9.17) is 9.15 Å². The second kappa shape index (κ2) is 7.51. The van der Waals surface area contributed by atoms with Crippen LogP contribution in [0.15, 0.2) is 45.6 Å². The number of phenolic OH excluding ortho intramolecular Hbond substituents is 1. The molecule has 0 saturated heterocycles. The van der Waals surface area contributed by atoms with E-state index in [9.17, 15) is 19.8 Å². The van der Waals surface area contributed by atoms with Gasteiger partial charge in [-0.25, -0.2) is 4.79 Å². The highest BCUT2D eigenvalue weighted by Gasteiger charge is 2.27. The van der Waals surface area contributed by atoms with Gasteiger partial charge in [0.05, 0.1) is 17.3 Å². The number of carbonyl (C=O) groups is 1. The molecule has 0 fully saturated rings. The fraction of sp³-hybridized carbons (Fsp3) is 0.333. The zero-order valence-corrected chi connectivity index (χ0v) is 16.6. The van der Waals surface area contributed by atoms with E-state index in [-0.39, 0.29) is 24.8 Å². The summed E-state index contributed by atoms with van der Waals surface area (Å²) in [6.45, 7) is 4.10. The number of para-hydroxylation sites is 2. The molecule has 0 spiro atoms. The van der Waals surface area contributed by atoms with Crippen molar-refractivity contribution in [3.05, 3.63) is 52.5 Å². The van der Waals surface area contributed by atoms with Crippen LogP contribution in [0, 0.1) is 0 Å². The van der Waals surface area contributed by atoms with E-state index in [2.05, 4.69) is 10.6 Å². The number of aromatic nitrogens is 1. The summed E-state index contributed by atoms with van der Waals surface area (Å²) in [7, 11) is 0. The first-order valence-corrected chi connectivity index (χ1v) is 9.54. The van der Waals surface area contributed by atoms with E-state index in [0.29, 0.717) is 34.6 Å². The van der Waals surface area contributed by atoms with Gasteiger partial charge < -0.3 is 30.0 Å². The lowest BCUT2D eigenvalue weighted by Gasteiger charge is -2.29. The monoisotopic (exact) mass is 413 g/mol. The molecular formula is C21H23N3O6. The van der Waals surface area contributed by atoms with Crippen molar-refractivity contribution in [2.45, 2.75) is 32.0 Å². The van der Waals surface area contributed by atoms with Crippen molar-refractivity contribution in [2.24, 2.45) is 0 Å². The molecule has 0 aliphatic carbocycles. The number of oxazole rings is 1. The molecule has 1 amide bonds. The lowest BCUT2D eigenvalue weighted by atomic mass is 10.0. The van der Waals surface area contributed by atoms with Crippen LogP contribution in [-0.4, -0.2) is 39.4 Å². The molecule has 0 bridgehead atoms. The number of fused-ring (bicyclic) bond motifs is 2.